The number of nitrogens with one attached hydrogen (secondary N) is 1. The van der Waals surface area contributed by atoms with E-state index in [4.69, 9.17) is 5.26 Å². The van der Waals surface area contributed by atoms with E-state index >= 15 is 0 Å². The van der Waals surface area contributed by atoms with Gasteiger partial charge in [-0.05, 0) is 25.1 Å². The molecular weight excluding hydrogens is 150 g/mol. The van der Waals surface area contributed by atoms with Crippen LogP contribution in [0, 0.1) is 18.3 Å². The molecule has 2 aromatic heterocycles. The summed E-state index contributed by atoms with van der Waals surface area (Å²) in [4.78, 5) is 7.15. The maximum Gasteiger partial charge on any atom is 0.138 e. The van der Waals surface area contributed by atoms with Crippen molar-refractivity contribution in [2.45, 2.75) is 6.92 Å². The second-order valence-electron chi connectivity index (χ2n) is 2.69. The molecular formula is C9H7N3. The average Bonchev–Trinajstić information content (AvgIpc) is 2.46. The van der Waals surface area contributed by atoms with Gasteiger partial charge in [-0.1, -0.05) is 0 Å². The Bertz CT molecular complexity index is 462. The number of aromatic nitrogens is 2. The number of aromatic amines is 1. The molecule has 0 saturated carbocycles. The summed E-state index contributed by atoms with van der Waals surface area (Å²) in [5.41, 5.74) is 2.29. The Hall–Kier alpha value is -1.82. The van der Waals surface area contributed by atoms with Crippen molar-refractivity contribution in [1.29, 1.82) is 5.26 Å². The van der Waals surface area contributed by atoms with Gasteiger partial charge in [0, 0.05) is 11.1 Å². The van der Waals surface area contributed by atoms with Gasteiger partial charge in [0.2, 0.25) is 0 Å². The molecule has 0 atom stereocenters. The van der Waals surface area contributed by atoms with Crippen LogP contribution in [0.5, 0.6) is 0 Å². The normalized spacial score (nSPS) is 10.0. The fraction of sp³-hybridized carbons (Fsp3) is 0.111. The summed E-state index contributed by atoms with van der Waals surface area (Å²) in [7, 11) is 0. The zero-order chi connectivity index (χ0) is 8.55. The summed E-state index contributed by atoms with van der Waals surface area (Å²) in [5, 5.41) is 9.58. The summed E-state index contributed by atoms with van der Waals surface area (Å²) in [5.74, 6) is 0. The largest absolute Gasteiger partial charge is 0.331 e. The van der Waals surface area contributed by atoms with Gasteiger partial charge in [0.05, 0.1) is 0 Å². The Morgan fingerprint density at radius 1 is 1.50 bits per heavy atom. The van der Waals surface area contributed by atoms with Gasteiger partial charge in [0.15, 0.2) is 0 Å². The molecule has 0 radical (unpaired) electrons. The minimum atomic E-state index is 0.558. The lowest BCUT2D eigenvalue weighted by atomic mass is 10.3. The number of nitriles is 1. The predicted octanol–water partition coefficient (Wildman–Crippen LogP) is 1.74. The van der Waals surface area contributed by atoms with Gasteiger partial charge < -0.3 is 4.98 Å². The van der Waals surface area contributed by atoms with E-state index in [9.17, 15) is 0 Å². The first-order valence-corrected chi connectivity index (χ1v) is 3.66. The Labute approximate surface area is 69.7 Å². The molecule has 0 aliphatic heterocycles. The maximum atomic E-state index is 8.60. The van der Waals surface area contributed by atoms with E-state index in [1.54, 1.807) is 6.07 Å². The summed E-state index contributed by atoms with van der Waals surface area (Å²) in [6.45, 7) is 1.92. The van der Waals surface area contributed by atoms with Crippen molar-refractivity contribution in [2.75, 3.05) is 0 Å². The van der Waals surface area contributed by atoms with Crippen LogP contribution in [0.1, 0.15) is 11.4 Å². The topological polar surface area (TPSA) is 52.5 Å². The van der Waals surface area contributed by atoms with Crippen LogP contribution >= 0.6 is 0 Å². The molecule has 0 saturated heterocycles. The van der Waals surface area contributed by atoms with Gasteiger partial charge in [-0.2, -0.15) is 5.26 Å². The number of nitrogens with zero attached hydrogens (tertiary/aromatic N) is 2. The summed E-state index contributed by atoms with van der Waals surface area (Å²) in [6.07, 6.45) is 0. The van der Waals surface area contributed by atoms with Crippen LogP contribution in [-0.2, 0) is 0 Å². The zero-order valence-corrected chi connectivity index (χ0v) is 6.63. The van der Waals surface area contributed by atoms with Gasteiger partial charge in [0.1, 0.15) is 17.4 Å². The molecule has 0 aliphatic rings. The number of H-pyrrole nitrogens is 1. The van der Waals surface area contributed by atoms with Gasteiger partial charge in [-0.3, -0.25) is 0 Å². The molecule has 0 amide bonds. The van der Waals surface area contributed by atoms with Crippen LogP contribution in [0.3, 0.4) is 0 Å². The lowest BCUT2D eigenvalue weighted by molar-refractivity contribution is 1.21. The van der Waals surface area contributed by atoms with E-state index in [1.165, 1.54) is 0 Å². The van der Waals surface area contributed by atoms with E-state index in [2.05, 4.69) is 9.97 Å². The van der Waals surface area contributed by atoms with Crippen molar-refractivity contribution >= 4 is 11.0 Å². The van der Waals surface area contributed by atoms with Crippen molar-refractivity contribution in [3.63, 3.8) is 0 Å². The Morgan fingerprint density at radius 2 is 2.33 bits per heavy atom. The second-order valence-corrected chi connectivity index (χ2v) is 2.69. The molecule has 1 N–H and O–H groups in total. The minimum Gasteiger partial charge on any atom is -0.331 e. The summed E-state index contributed by atoms with van der Waals surface area (Å²) < 4.78 is 0. The van der Waals surface area contributed by atoms with E-state index in [0.717, 1.165) is 16.7 Å². The first-order chi connectivity index (χ1) is 5.79. The molecule has 58 valence electrons. The summed E-state index contributed by atoms with van der Waals surface area (Å²) >= 11 is 0. The first kappa shape index (κ1) is 6.86. The lowest BCUT2D eigenvalue weighted by Gasteiger charge is -1.89. The van der Waals surface area contributed by atoms with Gasteiger partial charge in [0.25, 0.3) is 0 Å². The van der Waals surface area contributed by atoms with E-state index in [1.807, 2.05) is 25.1 Å². The third-order valence-corrected chi connectivity index (χ3v) is 1.74. The Morgan fingerprint density at radius 3 is 3.08 bits per heavy atom. The van der Waals surface area contributed by atoms with E-state index < -0.39 is 0 Å². The maximum absolute atomic E-state index is 8.60. The molecule has 2 rings (SSSR count). The molecule has 0 aromatic carbocycles. The van der Waals surface area contributed by atoms with Gasteiger partial charge in [-0.25, -0.2) is 4.98 Å². The van der Waals surface area contributed by atoms with Gasteiger partial charge >= 0.3 is 0 Å². The van der Waals surface area contributed by atoms with Crippen LogP contribution < -0.4 is 0 Å². The van der Waals surface area contributed by atoms with E-state index in [0.29, 0.717) is 5.69 Å². The van der Waals surface area contributed by atoms with Crippen molar-refractivity contribution in [2.24, 2.45) is 0 Å². The van der Waals surface area contributed by atoms with Crippen LogP contribution in [-0.4, -0.2) is 9.97 Å². The Balaban J connectivity index is 2.77. The predicted molar refractivity (Wildman–Crippen MR) is 45.5 cm³/mol. The number of pyridine rings is 1. The second kappa shape index (κ2) is 2.35. The highest BCUT2D eigenvalue weighted by Gasteiger charge is 1.99. The molecule has 0 bridgehead atoms. The quantitative estimate of drug-likeness (QED) is 0.633. The standard InChI is InChI=1S/C9H7N3/c1-6-2-3-7-4-8(5-10)12-9(7)11-6/h2-4H,1H3,(H,11,12). The number of hydrogen-bond donors (Lipinski definition) is 1. The summed E-state index contributed by atoms with van der Waals surface area (Å²) in [6, 6.07) is 7.72. The molecule has 3 heteroatoms. The number of fused-ring (bicyclic) bond motifs is 1. The highest BCUT2D eigenvalue weighted by molar-refractivity contribution is 5.77. The lowest BCUT2D eigenvalue weighted by Crippen LogP contribution is -1.80. The van der Waals surface area contributed by atoms with Crippen LogP contribution in [0.2, 0.25) is 0 Å². The first-order valence-electron chi connectivity index (χ1n) is 3.66. The van der Waals surface area contributed by atoms with Crippen LogP contribution in [0.4, 0.5) is 0 Å². The van der Waals surface area contributed by atoms with Crippen molar-refractivity contribution in [3.8, 4) is 6.07 Å². The molecule has 0 aliphatic carbocycles. The van der Waals surface area contributed by atoms with Crippen molar-refractivity contribution in [1.82, 2.24) is 9.97 Å². The Kier molecular flexibility index (Phi) is 1.34. The third kappa shape index (κ3) is 0.940. The zero-order valence-electron chi connectivity index (χ0n) is 6.63. The van der Waals surface area contributed by atoms with Crippen LogP contribution in [0.15, 0.2) is 18.2 Å². The highest BCUT2D eigenvalue weighted by Crippen LogP contribution is 2.12. The van der Waals surface area contributed by atoms with Crippen molar-refractivity contribution in [3.05, 3.63) is 29.6 Å². The monoisotopic (exact) mass is 157 g/mol. The number of rotatable bonds is 0. The highest BCUT2D eigenvalue weighted by atomic mass is 14.9. The molecule has 0 spiro atoms. The smallest absolute Gasteiger partial charge is 0.138 e. The molecule has 2 heterocycles. The third-order valence-electron chi connectivity index (χ3n) is 1.74. The van der Waals surface area contributed by atoms with Gasteiger partial charge in [-0.15, -0.1) is 0 Å². The average molecular weight is 157 g/mol. The minimum absolute atomic E-state index is 0.558. The fourth-order valence-corrected chi connectivity index (χ4v) is 1.16. The number of aryl methyl sites for hydroxylation is 1. The molecule has 0 unspecified atom stereocenters. The fourth-order valence-electron chi connectivity index (χ4n) is 1.16. The SMILES string of the molecule is Cc1ccc2cc(C#N)[nH]c2n1. The number of hydrogen-bond acceptors (Lipinski definition) is 2. The molecule has 0 fully saturated rings. The van der Waals surface area contributed by atoms with Crippen molar-refractivity contribution < 1.29 is 0 Å². The molecule has 12 heavy (non-hydrogen) atoms. The molecule has 3 nitrogen and oxygen atoms in total. The molecule has 2 aromatic rings. The van der Waals surface area contributed by atoms with E-state index in [-0.39, 0.29) is 0 Å². The van der Waals surface area contributed by atoms with Crippen LogP contribution in [0.25, 0.3) is 11.0 Å².